The summed E-state index contributed by atoms with van der Waals surface area (Å²) < 4.78 is 14.0. The van der Waals surface area contributed by atoms with Crippen LogP contribution in [0, 0.1) is 17.3 Å². The number of phenolic OH excluding ortho intramolecular Hbond substituents is 1. The van der Waals surface area contributed by atoms with Gasteiger partial charge in [0.2, 0.25) is 17.7 Å². The van der Waals surface area contributed by atoms with Crippen molar-refractivity contribution in [2.24, 2.45) is 17.3 Å². The lowest BCUT2D eigenvalue weighted by atomic mass is 9.84. The Morgan fingerprint density at radius 3 is 2.59 bits per heavy atom. The van der Waals surface area contributed by atoms with Crippen LogP contribution in [0.25, 0.3) is 33.3 Å². The van der Waals surface area contributed by atoms with Crippen LogP contribution in [0.2, 0.25) is 0 Å². The number of esters is 1. The quantitative estimate of drug-likeness (QED) is 0.145. The molecule has 6 bridgehead atoms. The number of hydrazine groups is 1. The van der Waals surface area contributed by atoms with Gasteiger partial charge in [-0.05, 0) is 96.8 Å². The topological polar surface area (TPSA) is 176 Å². The zero-order valence-electron chi connectivity index (χ0n) is 38.0. The van der Waals surface area contributed by atoms with E-state index in [2.05, 4.69) is 60.9 Å². The van der Waals surface area contributed by atoms with Crippen molar-refractivity contribution in [2.75, 3.05) is 40.4 Å². The highest BCUT2D eigenvalue weighted by molar-refractivity contribution is 5.96. The number of carbonyl (C=O) groups is 5. The summed E-state index contributed by atoms with van der Waals surface area (Å²) in [6, 6.07) is 12.5. The number of rotatable bonds is 10. The van der Waals surface area contributed by atoms with Gasteiger partial charge in [-0.15, -0.1) is 0 Å². The molecule has 0 aliphatic carbocycles. The normalized spacial score (nSPS) is 19.7. The molecule has 2 aromatic heterocycles. The molecule has 2 saturated heterocycles. The fraction of sp³-hybridized carbons (Fsp3) is 0.469. The largest absolute Gasteiger partial charge is 0.508 e. The molecule has 2 fully saturated rings. The van der Waals surface area contributed by atoms with E-state index < -0.39 is 47.2 Å². The number of aryl methyl sites for hydroxylation is 1. The highest BCUT2D eigenvalue weighted by atomic mass is 16.5. The number of likely N-dealkylation sites (N-methyl/N-ethyl adjacent to an activating group) is 1. The van der Waals surface area contributed by atoms with Crippen molar-refractivity contribution in [3.63, 3.8) is 0 Å². The summed E-state index contributed by atoms with van der Waals surface area (Å²) in [6.07, 6.45) is 4.45. The molecule has 3 atom stereocenters. The Balaban J connectivity index is 1.30. The van der Waals surface area contributed by atoms with E-state index in [0.717, 1.165) is 39.0 Å². The Morgan fingerprint density at radius 1 is 1.12 bits per heavy atom. The van der Waals surface area contributed by atoms with Crippen LogP contribution in [0.4, 0.5) is 0 Å². The highest BCUT2D eigenvalue weighted by Gasteiger charge is 2.42. The van der Waals surface area contributed by atoms with E-state index in [1.807, 2.05) is 32.0 Å². The number of nitrogens with one attached hydrogen (secondary N) is 2. The van der Waals surface area contributed by atoms with Gasteiger partial charge in [-0.25, -0.2) is 5.43 Å². The maximum atomic E-state index is 14.6. The number of benzene rings is 2. The van der Waals surface area contributed by atoms with Crippen molar-refractivity contribution >= 4 is 40.5 Å². The number of aromatic nitrogens is 2. The Hall–Kier alpha value is -6.06. The molecule has 2 aromatic carbocycles. The lowest BCUT2D eigenvalue weighted by molar-refractivity contribution is -0.155. The van der Waals surface area contributed by atoms with Gasteiger partial charge in [0, 0.05) is 74.8 Å². The van der Waals surface area contributed by atoms with Gasteiger partial charge in [0.05, 0.1) is 30.5 Å². The van der Waals surface area contributed by atoms with E-state index >= 15 is 0 Å². The minimum atomic E-state index is -1.16. The average molecular weight is 876 g/mol. The maximum Gasteiger partial charge on any atom is 0.324 e. The average Bonchev–Trinajstić information content (AvgIpc) is 3.55. The number of phenols is 1. The van der Waals surface area contributed by atoms with Crippen LogP contribution in [0.5, 0.6) is 5.75 Å². The number of hydrogen-bond donors (Lipinski definition) is 3. The second-order valence-electron chi connectivity index (χ2n) is 18.4. The first kappa shape index (κ1) is 45.9. The first-order chi connectivity index (χ1) is 30.5. The molecule has 3 N–H and O–H groups in total. The van der Waals surface area contributed by atoms with E-state index in [1.165, 1.54) is 20.9 Å². The second-order valence-corrected chi connectivity index (χ2v) is 18.4. The van der Waals surface area contributed by atoms with E-state index in [-0.39, 0.29) is 56.1 Å². The minimum Gasteiger partial charge on any atom is -0.508 e. The third-order valence-corrected chi connectivity index (χ3v) is 12.7. The molecule has 15 nitrogen and oxygen atoms in total. The number of cyclic esters (lactones) is 1. The van der Waals surface area contributed by atoms with Gasteiger partial charge < -0.3 is 34.3 Å². The fourth-order valence-corrected chi connectivity index (χ4v) is 9.47. The molecule has 3 aliphatic heterocycles. The Labute approximate surface area is 374 Å². The number of amides is 4. The molecule has 5 heterocycles. The van der Waals surface area contributed by atoms with Crippen LogP contribution in [-0.4, -0.2) is 118 Å². The number of hydrogen-bond acceptors (Lipinski definition) is 10. The van der Waals surface area contributed by atoms with Crippen molar-refractivity contribution in [1.29, 1.82) is 0 Å². The zero-order valence-corrected chi connectivity index (χ0v) is 38.0. The SMILES string of the molecule is C=CC(=O)N1CC(C(=O)N(C)[C@H](C(=O)N[C@H]2Cc3cc(O)cc(c3)-c3ccc4c(c3)c(c(-c3cccnc3COC)n4CC)CC(C)(C)COC(=O)[C@@H]3CCCN(N3)C2=O)C(C)C)C1. The number of pyridine rings is 1. The summed E-state index contributed by atoms with van der Waals surface area (Å²) in [6.45, 7) is 15.2. The van der Waals surface area contributed by atoms with Gasteiger partial charge in [0.25, 0.3) is 5.91 Å². The number of likely N-dealkylation sites (tertiary alicyclic amines) is 1. The van der Waals surface area contributed by atoms with Crippen molar-refractivity contribution in [3.05, 3.63) is 84.2 Å². The summed E-state index contributed by atoms with van der Waals surface area (Å²) in [5.74, 6) is -2.87. The van der Waals surface area contributed by atoms with Crippen LogP contribution in [0.1, 0.15) is 64.3 Å². The monoisotopic (exact) mass is 875 g/mol. The predicted molar refractivity (Wildman–Crippen MR) is 242 cm³/mol. The molecule has 4 aromatic rings. The molecular formula is C49H61N7O8. The van der Waals surface area contributed by atoms with Crippen LogP contribution in [0.15, 0.2) is 67.4 Å². The number of fused-ring (bicyclic) bond motifs is 6. The number of carbonyl (C=O) groups excluding carboxylic acids is 5. The highest BCUT2D eigenvalue weighted by Crippen LogP contribution is 2.41. The first-order valence-electron chi connectivity index (χ1n) is 22.2. The van der Waals surface area contributed by atoms with Crippen LogP contribution < -0.4 is 10.7 Å². The first-order valence-corrected chi connectivity index (χ1v) is 22.2. The van der Waals surface area contributed by atoms with Gasteiger partial charge >= 0.3 is 5.97 Å². The van der Waals surface area contributed by atoms with Crippen molar-refractivity contribution in [3.8, 4) is 28.1 Å². The lowest BCUT2D eigenvalue weighted by Crippen LogP contribution is -2.63. The second kappa shape index (κ2) is 19.0. The van der Waals surface area contributed by atoms with E-state index in [9.17, 15) is 29.1 Å². The summed E-state index contributed by atoms with van der Waals surface area (Å²) in [5.41, 5.74) is 9.52. The van der Waals surface area contributed by atoms with Crippen molar-refractivity contribution in [1.82, 2.24) is 35.1 Å². The molecule has 0 unspecified atom stereocenters. The lowest BCUT2D eigenvalue weighted by Gasteiger charge is -2.41. The summed E-state index contributed by atoms with van der Waals surface area (Å²) >= 11 is 0. The molecule has 64 heavy (non-hydrogen) atoms. The smallest absolute Gasteiger partial charge is 0.324 e. The van der Waals surface area contributed by atoms with Crippen molar-refractivity contribution < 1.29 is 38.6 Å². The Bertz CT molecular complexity index is 2450. The van der Waals surface area contributed by atoms with Gasteiger partial charge in [0.15, 0.2) is 0 Å². The standard InChI is InChI=1S/C49H61N7O8/c1-9-42(58)54-25-33(26-54)46(60)53(7)43(29(3)4)45(59)51-39-21-30-19-32(22-34(57)20-30)31-15-16-41-36(23-31)37(44(55(41)10-2)35-13-11-17-50-40(35)27-63-8)24-49(5,6)28-64-48(62)38-14-12-18-56(52-38)47(39)61/h9,11,13,15-17,19-20,22-23,29,33,38-39,43,52,57H,1,10,12,14,18,21,24-28H2,2-8H3,(H,51,59)/t38-,39-,43-/m0/s1. The zero-order chi connectivity index (χ0) is 46.0. The Morgan fingerprint density at radius 2 is 1.89 bits per heavy atom. The fourth-order valence-electron chi connectivity index (χ4n) is 9.47. The van der Waals surface area contributed by atoms with Gasteiger partial charge in [-0.1, -0.05) is 46.4 Å². The van der Waals surface area contributed by atoms with Gasteiger partial charge in [-0.2, -0.15) is 0 Å². The van der Waals surface area contributed by atoms with Gasteiger partial charge in [0.1, 0.15) is 23.9 Å². The van der Waals surface area contributed by atoms with Crippen LogP contribution in [-0.2, 0) is 59.4 Å². The maximum absolute atomic E-state index is 14.6. The van der Waals surface area contributed by atoms with Crippen LogP contribution in [0.3, 0.4) is 0 Å². The minimum absolute atomic E-state index is 0.00960. The van der Waals surface area contributed by atoms with Gasteiger partial charge in [-0.3, -0.25) is 34.0 Å². The molecule has 0 spiro atoms. The van der Waals surface area contributed by atoms with E-state index in [1.54, 1.807) is 32.5 Å². The number of ether oxygens (including phenoxy) is 2. The molecule has 0 radical (unpaired) electrons. The van der Waals surface area contributed by atoms with Crippen LogP contribution >= 0.6 is 0 Å². The summed E-state index contributed by atoms with van der Waals surface area (Å²) in [7, 11) is 3.22. The molecule has 0 saturated carbocycles. The summed E-state index contributed by atoms with van der Waals surface area (Å²) in [4.78, 5) is 76.3. The number of aromatic hydroxyl groups is 1. The van der Waals surface area contributed by atoms with E-state index in [4.69, 9.17) is 14.5 Å². The molecular weight excluding hydrogens is 815 g/mol. The molecule has 7 rings (SSSR count). The Kier molecular flexibility index (Phi) is 13.6. The third kappa shape index (κ3) is 9.41. The molecule has 15 heteroatoms. The molecule has 4 amide bonds. The molecule has 3 aliphatic rings. The number of nitrogens with zero attached hydrogens (tertiary/aromatic N) is 5. The summed E-state index contributed by atoms with van der Waals surface area (Å²) in [5, 5.41) is 16.6. The van der Waals surface area contributed by atoms with E-state index in [0.29, 0.717) is 43.5 Å². The van der Waals surface area contributed by atoms with Crippen molar-refractivity contribution in [2.45, 2.75) is 91.6 Å². The third-order valence-electron chi connectivity index (χ3n) is 12.7. The predicted octanol–water partition coefficient (Wildman–Crippen LogP) is 5.02. The molecule has 340 valence electrons. The number of methoxy groups -OCH3 is 1.